The normalized spacial score (nSPS) is 12.9. The van der Waals surface area contributed by atoms with Gasteiger partial charge in [-0.3, -0.25) is 53.4 Å². The molecule has 4 heterocycles. The first-order chi connectivity index (χ1) is 52.7. The molecular formula is C94H128N10O10. The standard InChI is InChI=1S/C94H128N10O10/c1-87(2,3)59-99(55-83(107)111-91(13,14)15)51-71-45-66(64-35-39-79-75(47-64)73-29-25-27-31-77(73)103(79)53-81(105)101(57-85(109)113-93(19,20)21)58-86(110)114-94(22,23)24)43-69(96-71)49-98(42-41-63-33-37-68(95)38-34-63)50-70-44-67(46-72(97-70)52-100(60-88(4,5)6)56-84(108)112-92(16,17)18)65-36-40-80-76(48-65)74-30-26-28-32-78(74)104(80)54-82(106)102(61-89(7,8)9)62-90(10,11)12/h25-40,43-48H,41-42,49-62,95H2,1-24H3. The van der Waals surface area contributed by atoms with Crippen LogP contribution in [0.3, 0.4) is 0 Å². The number of ether oxygens (including phenoxy) is 4. The monoisotopic (exact) mass is 1560 g/mol. The summed E-state index contributed by atoms with van der Waals surface area (Å²) in [4.78, 5) is 105. The molecule has 114 heavy (non-hydrogen) atoms. The first-order valence-electron chi connectivity index (χ1n) is 40.2. The Morgan fingerprint density at radius 2 is 0.658 bits per heavy atom. The van der Waals surface area contributed by atoms with Crippen molar-refractivity contribution in [1.82, 2.24) is 43.6 Å². The van der Waals surface area contributed by atoms with Gasteiger partial charge in [0.15, 0.2) is 0 Å². The van der Waals surface area contributed by atoms with Gasteiger partial charge in [0, 0.05) is 108 Å². The molecule has 0 saturated heterocycles. The number of hydrogen-bond acceptors (Lipinski definition) is 16. The molecule has 0 saturated carbocycles. The van der Waals surface area contributed by atoms with Gasteiger partial charge in [0.2, 0.25) is 11.8 Å². The average Bonchev–Trinajstić information content (AvgIpc) is 1.60. The van der Waals surface area contributed by atoms with Gasteiger partial charge in [-0.2, -0.15) is 0 Å². The molecule has 5 aromatic carbocycles. The number of nitrogens with zero attached hydrogens (tertiary/aromatic N) is 9. The minimum atomic E-state index is -0.836. The Hall–Kier alpha value is -9.50. The molecule has 2 amide bonds. The van der Waals surface area contributed by atoms with Crippen molar-refractivity contribution in [2.45, 2.75) is 234 Å². The highest BCUT2D eigenvalue weighted by atomic mass is 16.6. The molecule has 0 radical (unpaired) electrons. The van der Waals surface area contributed by atoms with Crippen molar-refractivity contribution in [3.8, 4) is 22.3 Å². The first kappa shape index (κ1) is 88.4. The number of rotatable bonds is 29. The summed E-state index contributed by atoms with van der Waals surface area (Å²) in [5, 5.41) is 3.81. The van der Waals surface area contributed by atoms with E-state index >= 15 is 0 Å². The summed E-state index contributed by atoms with van der Waals surface area (Å²) in [7, 11) is 0. The molecule has 4 aromatic heterocycles. The molecule has 9 aromatic rings. The zero-order chi connectivity index (χ0) is 84.0. The first-order valence-corrected chi connectivity index (χ1v) is 40.2. The van der Waals surface area contributed by atoms with Gasteiger partial charge in [0.1, 0.15) is 48.6 Å². The summed E-state index contributed by atoms with van der Waals surface area (Å²) in [5.41, 5.74) is 14.5. The van der Waals surface area contributed by atoms with Crippen LogP contribution in [0.5, 0.6) is 0 Å². The van der Waals surface area contributed by atoms with Crippen LogP contribution in [0, 0.1) is 21.7 Å². The van der Waals surface area contributed by atoms with E-state index in [1.165, 1.54) is 4.90 Å². The van der Waals surface area contributed by atoms with Crippen LogP contribution in [0.4, 0.5) is 5.69 Å². The lowest BCUT2D eigenvalue weighted by molar-refractivity contribution is -0.164. The molecule has 9 rings (SSSR count). The molecule has 20 nitrogen and oxygen atoms in total. The number of aromatic nitrogens is 4. The van der Waals surface area contributed by atoms with Crippen LogP contribution < -0.4 is 5.73 Å². The number of esters is 4. The number of nitrogens with two attached hydrogens (primary N) is 1. The third kappa shape index (κ3) is 27.1. The highest BCUT2D eigenvalue weighted by molar-refractivity contribution is 6.11. The zero-order valence-corrected chi connectivity index (χ0v) is 72.7. The number of carbonyl (C=O) groups is 6. The van der Waals surface area contributed by atoms with Crippen molar-refractivity contribution >= 4 is 85.0 Å². The lowest BCUT2D eigenvalue weighted by Gasteiger charge is -2.35. The minimum Gasteiger partial charge on any atom is -0.459 e. The molecule has 2 N–H and O–H groups in total. The Balaban J connectivity index is 1.19. The summed E-state index contributed by atoms with van der Waals surface area (Å²) in [6, 6.07) is 45.5. The Bertz CT molecular complexity index is 4870. The number of para-hydroxylation sites is 2. The highest BCUT2D eigenvalue weighted by Crippen LogP contribution is 2.37. The Labute approximate surface area is 677 Å². The maximum atomic E-state index is 14.8. The van der Waals surface area contributed by atoms with E-state index < -0.39 is 53.3 Å². The Morgan fingerprint density at radius 3 is 1.00 bits per heavy atom. The summed E-state index contributed by atoms with van der Waals surface area (Å²) < 4.78 is 27.4. The lowest BCUT2D eigenvalue weighted by atomic mass is 9.92. The fourth-order valence-corrected chi connectivity index (χ4v) is 14.8. The van der Waals surface area contributed by atoms with Gasteiger partial charge >= 0.3 is 23.9 Å². The second-order valence-corrected chi connectivity index (χ2v) is 39.9. The molecule has 20 heteroatoms. The second-order valence-electron chi connectivity index (χ2n) is 39.9. The molecule has 0 spiro atoms. The number of fused-ring (bicyclic) bond motifs is 6. The van der Waals surface area contributed by atoms with Crippen LogP contribution in [0.25, 0.3) is 65.9 Å². The van der Waals surface area contributed by atoms with E-state index in [4.69, 9.17) is 34.6 Å². The maximum absolute atomic E-state index is 14.8. The van der Waals surface area contributed by atoms with Crippen molar-refractivity contribution in [3.05, 3.63) is 162 Å². The van der Waals surface area contributed by atoms with E-state index in [0.717, 1.165) is 94.2 Å². The van der Waals surface area contributed by atoms with Crippen LogP contribution in [0.15, 0.2) is 133 Å². The zero-order valence-electron chi connectivity index (χ0n) is 72.7. The summed E-state index contributed by atoms with van der Waals surface area (Å²) >= 11 is 0. The molecule has 0 atom stereocenters. The fraction of sp³-hybridized carbons (Fsp3) is 0.511. The largest absolute Gasteiger partial charge is 0.459 e. The fourth-order valence-electron chi connectivity index (χ4n) is 14.8. The number of carbonyl (C=O) groups excluding carboxylic acids is 6. The van der Waals surface area contributed by atoms with E-state index in [-0.39, 0.29) is 65.7 Å². The van der Waals surface area contributed by atoms with Gasteiger partial charge in [0.25, 0.3) is 0 Å². The molecular weight excluding hydrogens is 1430 g/mol. The van der Waals surface area contributed by atoms with Crippen LogP contribution in [0.1, 0.15) is 195 Å². The number of hydrogen-bond donors (Lipinski definition) is 1. The minimum absolute atomic E-state index is 0.0265. The number of benzene rings is 5. The van der Waals surface area contributed by atoms with E-state index in [2.05, 4.69) is 181 Å². The van der Waals surface area contributed by atoms with E-state index in [0.29, 0.717) is 71.0 Å². The van der Waals surface area contributed by atoms with E-state index in [9.17, 15) is 28.8 Å². The van der Waals surface area contributed by atoms with Crippen molar-refractivity contribution < 1.29 is 47.7 Å². The van der Waals surface area contributed by atoms with E-state index in [1.807, 2.05) is 106 Å². The second kappa shape index (κ2) is 35.3. The predicted molar refractivity (Wildman–Crippen MR) is 459 cm³/mol. The average molecular weight is 1560 g/mol. The lowest BCUT2D eigenvalue weighted by Crippen LogP contribution is -2.44. The molecule has 614 valence electrons. The van der Waals surface area contributed by atoms with Gasteiger partial charge in [-0.05, 0) is 212 Å². The SMILES string of the molecule is CC(C)(C)CN(CC(=O)OC(C)(C)C)Cc1cc(-c2ccc3c(c2)c2ccccc2n3CC(=O)N(CC(=O)OC(C)(C)C)CC(=O)OC(C)(C)C)cc(CN(CCc2ccc(N)cc2)Cc2cc(-c3ccc4c(c3)c3ccccc3n4CC(=O)N(CC(C)(C)C)CC(C)(C)C)cc(CN(CC(=O)OC(C)(C)C)CC(C)(C)C)n2)n1. The number of amides is 2. The van der Waals surface area contributed by atoms with Gasteiger partial charge in [-0.25, -0.2) is 0 Å². The van der Waals surface area contributed by atoms with Gasteiger partial charge < -0.3 is 43.6 Å². The number of pyridine rings is 2. The predicted octanol–water partition coefficient (Wildman–Crippen LogP) is 17.7. The van der Waals surface area contributed by atoms with Crippen LogP contribution in [-0.2, 0) is 93.4 Å². The summed E-state index contributed by atoms with van der Waals surface area (Å²) in [6.07, 6.45) is 0.653. The third-order valence-corrected chi connectivity index (χ3v) is 18.4. The Morgan fingerprint density at radius 1 is 0.342 bits per heavy atom. The van der Waals surface area contributed by atoms with E-state index in [1.54, 1.807) is 41.5 Å². The van der Waals surface area contributed by atoms with Crippen molar-refractivity contribution in [2.24, 2.45) is 21.7 Å². The molecule has 0 unspecified atom stereocenters. The molecule has 0 aliphatic heterocycles. The van der Waals surface area contributed by atoms with Crippen molar-refractivity contribution in [2.75, 3.05) is 64.6 Å². The summed E-state index contributed by atoms with van der Waals surface area (Å²) in [5.74, 6) is -2.39. The maximum Gasteiger partial charge on any atom is 0.326 e. The number of anilines is 1. The molecule has 0 aliphatic carbocycles. The highest BCUT2D eigenvalue weighted by Gasteiger charge is 2.32. The Kier molecular flexibility index (Phi) is 27.4. The van der Waals surface area contributed by atoms with Gasteiger partial charge in [0.05, 0.1) is 35.9 Å². The topological polar surface area (TPSA) is 217 Å². The third-order valence-electron chi connectivity index (χ3n) is 18.4. The quantitative estimate of drug-likeness (QED) is 0.0262. The van der Waals surface area contributed by atoms with Crippen LogP contribution >= 0.6 is 0 Å². The van der Waals surface area contributed by atoms with Crippen LogP contribution in [-0.4, -0.2) is 161 Å². The molecule has 0 bridgehead atoms. The summed E-state index contributed by atoms with van der Waals surface area (Å²) in [6.45, 7) is 51.2. The number of nitrogen functional groups attached to an aromatic ring is 1. The molecule has 0 fully saturated rings. The van der Waals surface area contributed by atoms with Crippen molar-refractivity contribution in [1.29, 1.82) is 0 Å². The van der Waals surface area contributed by atoms with Crippen LogP contribution in [0.2, 0.25) is 0 Å². The smallest absolute Gasteiger partial charge is 0.326 e. The van der Waals surface area contributed by atoms with Crippen molar-refractivity contribution in [3.63, 3.8) is 0 Å². The van der Waals surface area contributed by atoms with Gasteiger partial charge in [-0.15, -0.1) is 0 Å². The molecule has 0 aliphatic rings. The van der Waals surface area contributed by atoms with Gasteiger partial charge in [-0.1, -0.05) is 144 Å².